The van der Waals surface area contributed by atoms with Crippen molar-refractivity contribution in [3.05, 3.63) is 65.6 Å². The van der Waals surface area contributed by atoms with Gasteiger partial charge in [-0.3, -0.25) is 9.63 Å². The highest BCUT2D eigenvalue weighted by atomic mass is 19.2. The first-order valence-corrected chi connectivity index (χ1v) is 11.7. The number of halogens is 3. The third-order valence-corrected chi connectivity index (χ3v) is 6.02. The number of amidine groups is 1. The lowest BCUT2D eigenvalue weighted by molar-refractivity contribution is -0.116. The number of hydrogen-bond acceptors (Lipinski definition) is 8. The Morgan fingerprint density at radius 1 is 1.00 bits per heavy atom. The van der Waals surface area contributed by atoms with Crippen LogP contribution in [0.15, 0.2) is 52.2 Å². The van der Waals surface area contributed by atoms with Gasteiger partial charge in [-0.15, -0.1) is 0 Å². The number of nitrogens with one attached hydrogen (secondary N) is 3. The van der Waals surface area contributed by atoms with Gasteiger partial charge in [0.05, 0.1) is 6.10 Å². The SMILES string of the molecule is O=C(CCC1CCC(ONc2nonc2/C(=N/O)Nc2ccc(F)c(F)c2)CC1)Nc1ccc(F)cc1. The van der Waals surface area contributed by atoms with Crippen molar-refractivity contribution in [3.8, 4) is 0 Å². The first-order chi connectivity index (χ1) is 17.9. The van der Waals surface area contributed by atoms with E-state index in [-0.39, 0.29) is 40.9 Å². The predicted molar refractivity (Wildman–Crippen MR) is 127 cm³/mol. The highest BCUT2D eigenvalue weighted by Crippen LogP contribution is 2.30. The monoisotopic (exact) mass is 518 g/mol. The van der Waals surface area contributed by atoms with Gasteiger partial charge in [-0.1, -0.05) is 5.16 Å². The molecule has 0 unspecified atom stereocenters. The van der Waals surface area contributed by atoms with Crippen LogP contribution in [0.2, 0.25) is 0 Å². The average molecular weight is 518 g/mol. The normalized spacial score (nSPS) is 17.9. The fraction of sp³-hybridized carbons (Fsp3) is 0.333. The summed E-state index contributed by atoms with van der Waals surface area (Å²) in [6, 6.07) is 8.70. The molecule has 0 bridgehead atoms. The quantitative estimate of drug-likeness (QED) is 0.134. The van der Waals surface area contributed by atoms with E-state index in [0.717, 1.165) is 44.2 Å². The molecular formula is C24H25F3N6O4. The van der Waals surface area contributed by atoms with Crippen molar-refractivity contribution < 1.29 is 32.6 Å². The molecule has 10 nitrogen and oxygen atoms in total. The Kier molecular flexibility index (Phi) is 8.56. The largest absolute Gasteiger partial charge is 0.409 e. The second-order valence-corrected chi connectivity index (χ2v) is 8.62. The lowest BCUT2D eigenvalue weighted by Gasteiger charge is -2.28. The second kappa shape index (κ2) is 12.2. The summed E-state index contributed by atoms with van der Waals surface area (Å²) < 4.78 is 44.3. The summed E-state index contributed by atoms with van der Waals surface area (Å²) in [5, 5.41) is 25.2. The zero-order valence-corrected chi connectivity index (χ0v) is 19.6. The van der Waals surface area contributed by atoms with Crippen LogP contribution in [0.25, 0.3) is 0 Å². The van der Waals surface area contributed by atoms with Gasteiger partial charge in [0.2, 0.25) is 17.6 Å². The average Bonchev–Trinajstić information content (AvgIpc) is 3.37. The zero-order chi connectivity index (χ0) is 26.2. The second-order valence-electron chi connectivity index (χ2n) is 8.62. The number of benzene rings is 2. The third-order valence-electron chi connectivity index (χ3n) is 6.02. The van der Waals surface area contributed by atoms with E-state index in [1.165, 1.54) is 30.3 Å². The number of nitrogens with zero attached hydrogens (tertiary/aromatic N) is 3. The fourth-order valence-electron chi connectivity index (χ4n) is 4.02. The molecule has 0 spiro atoms. The summed E-state index contributed by atoms with van der Waals surface area (Å²) in [7, 11) is 0. The zero-order valence-electron chi connectivity index (χ0n) is 19.6. The highest BCUT2D eigenvalue weighted by molar-refractivity contribution is 6.09. The first kappa shape index (κ1) is 25.9. The van der Waals surface area contributed by atoms with Gasteiger partial charge < -0.3 is 15.8 Å². The number of oxime groups is 1. The molecule has 4 rings (SSSR count). The lowest BCUT2D eigenvalue weighted by atomic mass is 9.84. The van der Waals surface area contributed by atoms with Gasteiger partial charge in [0.15, 0.2) is 17.3 Å². The first-order valence-electron chi connectivity index (χ1n) is 11.7. The summed E-state index contributed by atoms with van der Waals surface area (Å²) >= 11 is 0. The van der Waals surface area contributed by atoms with Crippen molar-refractivity contribution in [2.24, 2.45) is 11.1 Å². The van der Waals surface area contributed by atoms with E-state index >= 15 is 0 Å². The Balaban J connectivity index is 1.21. The number of rotatable bonds is 9. The van der Waals surface area contributed by atoms with Crippen LogP contribution in [-0.4, -0.2) is 33.4 Å². The van der Waals surface area contributed by atoms with Crippen molar-refractivity contribution in [1.29, 1.82) is 0 Å². The lowest BCUT2D eigenvalue weighted by Crippen LogP contribution is -2.25. The van der Waals surface area contributed by atoms with Gasteiger partial charge in [0.1, 0.15) is 5.82 Å². The molecule has 1 fully saturated rings. The van der Waals surface area contributed by atoms with Crippen molar-refractivity contribution in [1.82, 2.24) is 10.3 Å². The van der Waals surface area contributed by atoms with Gasteiger partial charge >= 0.3 is 0 Å². The number of anilines is 3. The fourth-order valence-corrected chi connectivity index (χ4v) is 4.02. The van der Waals surface area contributed by atoms with Crippen molar-refractivity contribution in [3.63, 3.8) is 0 Å². The van der Waals surface area contributed by atoms with Crippen LogP contribution in [0.4, 0.5) is 30.4 Å². The van der Waals surface area contributed by atoms with Crippen LogP contribution in [0.3, 0.4) is 0 Å². The van der Waals surface area contributed by atoms with Gasteiger partial charge in [0, 0.05) is 23.9 Å². The van der Waals surface area contributed by atoms with Crippen LogP contribution in [0.1, 0.15) is 44.2 Å². The molecule has 2 aromatic carbocycles. The minimum absolute atomic E-state index is 0.0301. The smallest absolute Gasteiger partial charge is 0.225 e. The molecule has 1 heterocycles. The molecular weight excluding hydrogens is 493 g/mol. The van der Waals surface area contributed by atoms with Crippen LogP contribution in [0, 0.1) is 23.4 Å². The number of carbonyl (C=O) groups is 1. The molecule has 0 atom stereocenters. The van der Waals surface area contributed by atoms with E-state index in [9.17, 15) is 23.2 Å². The van der Waals surface area contributed by atoms with Gasteiger partial charge in [-0.2, -0.15) is 0 Å². The highest BCUT2D eigenvalue weighted by Gasteiger charge is 2.24. The van der Waals surface area contributed by atoms with Crippen LogP contribution in [-0.2, 0) is 9.63 Å². The molecule has 1 aromatic heterocycles. The maximum absolute atomic E-state index is 13.5. The predicted octanol–water partition coefficient (Wildman–Crippen LogP) is 5.06. The van der Waals surface area contributed by atoms with Gasteiger partial charge in [0.25, 0.3) is 0 Å². The maximum atomic E-state index is 13.5. The topological polar surface area (TPSA) is 134 Å². The number of amides is 1. The Morgan fingerprint density at radius 2 is 1.73 bits per heavy atom. The van der Waals surface area contributed by atoms with E-state index in [1.54, 1.807) is 0 Å². The molecule has 0 aliphatic heterocycles. The Bertz CT molecular complexity index is 1230. The molecule has 3 aromatic rings. The summed E-state index contributed by atoms with van der Waals surface area (Å²) in [6.45, 7) is 0. The number of carbonyl (C=O) groups excluding carboxylic acids is 1. The molecule has 1 aliphatic carbocycles. The molecule has 13 heteroatoms. The molecule has 0 saturated heterocycles. The summed E-state index contributed by atoms with van der Waals surface area (Å²) in [5.74, 6) is -2.39. The van der Waals surface area contributed by atoms with Crippen molar-refractivity contribution >= 4 is 28.9 Å². The third kappa shape index (κ3) is 7.19. The van der Waals surface area contributed by atoms with E-state index < -0.39 is 11.6 Å². The molecule has 1 aliphatic rings. The molecule has 1 saturated carbocycles. The van der Waals surface area contributed by atoms with Gasteiger partial charge in [-0.05, 0) is 84.7 Å². The van der Waals surface area contributed by atoms with Gasteiger partial charge in [-0.25, -0.2) is 23.3 Å². The Morgan fingerprint density at radius 3 is 2.43 bits per heavy atom. The van der Waals surface area contributed by atoms with E-state index in [0.29, 0.717) is 18.0 Å². The molecule has 1 amide bonds. The van der Waals surface area contributed by atoms with Crippen LogP contribution < -0.4 is 16.1 Å². The van der Waals surface area contributed by atoms with Crippen molar-refractivity contribution in [2.75, 3.05) is 16.1 Å². The minimum Gasteiger partial charge on any atom is -0.409 e. The molecule has 37 heavy (non-hydrogen) atoms. The summed E-state index contributed by atoms with van der Waals surface area (Å²) in [5.41, 5.74) is 3.30. The summed E-state index contributed by atoms with van der Waals surface area (Å²) in [4.78, 5) is 17.9. The van der Waals surface area contributed by atoms with Crippen LogP contribution >= 0.6 is 0 Å². The van der Waals surface area contributed by atoms with E-state index in [2.05, 4.69) is 31.6 Å². The standard InChI is InChI=1S/C24H25F3N6O4/c25-15-4-6-16(7-5-15)28-21(34)12-3-14-1-9-18(10-2-14)36-32-24-22(31-37-33-24)23(30-35)29-17-8-11-19(26)20(27)13-17/h4-8,11,13-14,18,35H,1-3,9-10,12H2,(H,28,34)(H,29,30)(H,32,33). The maximum Gasteiger partial charge on any atom is 0.225 e. The van der Waals surface area contributed by atoms with Crippen molar-refractivity contribution in [2.45, 2.75) is 44.6 Å². The number of aromatic nitrogens is 2. The molecule has 0 radical (unpaired) electrons. The molecule has 196 valence electrons. The van der Waals surface area contributed by atoms with Crippen LogP contribution in [0.5, 0.6) is 0 Å². The van der Waals surface area contributed by atoms with E-state index in [4.69, 9.17) is 9.47 Å². The summed E-state index contributed by atoms with van der Waals surface area (Å²) in [6.07, 6.45) is 4.17. The Labute approximate surface area is 209 Å². The van der Waals surface area contributed by atoms with E-state index in [1.807, 2.05) is 0 Å². The molecule has 4 N–H and O–H groups in total. The minimum atomic E-state index is -1.08. The Hall–Kier alpha value is -4.13. The number of hydrogen-bond donors (Lipinski definition) is 4.